The first kappa shape index (κ1) is 17.2. The summed E-state index contributed by atoms with van der Waals surface area (Å²) < 4.78 is 15.0. The minimum Gasteiger partial charge on any atom is -0.323 e. The number of pyridine rings is 1. The van der Waals surface area contributed by atoms with Gasteiger partial charge in [0.05, 0.1) is 17.1 Å². The van der Waals surface area contributed by atoms with E-state index in [2.05, 4.69) is 10.3 Å². The molecule has 1 aromatic carbocycles. The summed E-state index contributed by atoms with van der Waals surface area (Å²) in [6.07, 6.45) is 1.74. The Labute approximate surface area is 147 Å². The lowest BCUT2D eigenvalue weighted by molar-refractivity contribution is -0.113. The zero-order valence-electron chi connectivity index (χ0n) is 13.5. The normalized spacial score (nSPS) is 10.8. The number of thioether (sulfide) groups is 1. The van der Waals surface area contributed by atoms with Gasteiger partial charge in [-0.1, -0.05) is 18.2 Å². The minimum atomic E-state index is -0.472. The number of fused-ring (bicyclic) bond motifs is 1. The van der Waals surface area contributed by atoms with Crippen LogP contribution in [0.5, 0.6) is 0 Å². The van der Waals surface area contributed by atoms with Crippen LogP contribution in [0.3, 0.4) is 0 Å². The number of nitrogens with zero attached hydrogens (tertiary/aromatic N) is 2. The summed E-state index contributed by atoms with van der Waals surface area (Å²) in [5.41, 5.74) is 2.16. The molecule has 0 atom stereocenters. The quantitative estimate of drug-likeness (QED) is 0.762. The average Bonchev–Trinajstić information content (AvgIpc) is 2.58. The summed E-state index contributed by atoms with van der Waals surface area (Å²) in [6, 6.07) is 11.2. The Morgan fingerprint density at radius 3 is 2.88 bits per heavy atom. The van der Waals surface area contributed by atoms with Crippen LogP contribution in [0.4, 0.5) is 10.1 Å². The number of amides is 1. The lowest BCUT2D eigenvalue weighted by Crippen LogP contribution is -2.17. The molecule has 0 saturated heterocycles. The van der Waals surface area contributed by atoms with E-state index >= 15 is 0 Å². The molecule has 5 nitrogen and oxygen atoms in total. The van der Waals surface area contributed by atoms with Gasteiger partial charge >= 0.3 is 0 Å². The number of rotatable bonds is 5. The number of hydrogen-bond donors (Lipinski definition) is 1. The van der Waals surface area contributed by atoms with Crippen molar-refractivity contribution in [3.8, 4) is 0 Å². The maximum atomic E-state index is 13.5. The molecule has 0 aliphatic carbocycles. The smallest absolute Gasteiger partial charge is 0.258 e. The standard InChI is InChI=1S/C18H16FN3O2S/c1-12-6-7-16-20-13(8-18(24)22(16)9-12)10-25-11-17(23)21-15-5-3-2-4-14(15)19/h2-9H,10-11H2,1H3,(H,21,23). The topological polar surface area (TPSA) is 63.5 Å². The largest absolute Gasteiger partial charge is 0.323 e. The van der Waals surface area contributed by atoms with Crippen LogP contribution in [0.15, 0.2) is 53.5 Å². The number of carbonyl (C=O) groups is 1. The highest BCUT2D eigenvalue weighted by Crippen LogP contribution is 2.14. The van der Waals surface area contributed by atoms with Gasteiger partial charge in [0.15, 0.2) is 0 Å². The minimum absolute atomic E-state index is 0.142. The summed E-state index contributed by atoms with van der Waals surface area (Å²) in [5, 5.41) is 2.52. The Hall–Kier alpha value is -2.67. The van der Waals surface area contributed by atoms with Crippen LogP contribution in [0.25, 0.3) is 5.65 Å². The third-order valence-corrected chi connectivity index (χ3v) is 4.46. The van der Waals surface area contributed by atoms with E-state index in [1.807, 2.05) is 13.0 Å². The molecule has 1 amide bonds. The molecule has 25 heavy (non-hydrogen) atoms. The van der Waals surface area contributed by atoms with Gasteiger partial charge in [-0.15, -0.1) is 11.8 Å². The van der Waals surface area contributed by atoms with Crippen molar-refractivity contribution in [2.24, 2.45) is 0 Å². The van der Waals surface area contributed by atoms with E-state index in [0.29, 0.717) is 17.1 Å². The molecule has 0 spiro atoms. The number of nitrogens with one attached hydrogen (secondary N) is 1. The van der Waals surface area contributed by atoms with Gasteiger partial charge in [0.2, 0.25) is 5.91 Å². The van der Waals surface area contributed by atoms with Gasteiger partial charge in [-0.05, 0) is 30.7 Å². The number of carbonyl (C=O) groups excluding carboxylic acids is 1. The van der Waals surface area contributed by atoms with Gasteiger partial charge in [-0.2, -0.15) is 0 Å². The Morgan fingerprint density at radius 1 is 1.28 bits per heavy atom. The lowest BCUT2D eigenvalue weighted by atomic mass is 10.3. The van der Waals surface area contributed by atoms with Crippen molar-refractivity contribution in [2.45, 2.75) is 12.7 Å². The first-order chi connectivity index (χ1) is 12.0. The van der Waals surface area contributed by atoms with Crippen LogP contribution in [0.2, 0.25) is 0 Å². The van der Waals surface area contributed by atoms with Gasteiger partial charge in [0.25, 0.3) is 5.56 Å². The SMILES string of the molecule is Cc1ccc2nc(CSCC(=O)Nc3ccccc3F)cc(=O)n2c1. The van der Waals surface area contributed by atoms with E-state index in [1.165, 1.54) is 34.4 Å². The van der Waals surface area contributed by atoms with Crippen LogP contribution in [-0.4, -0.2) is 21.0 Å². The molecule has 3 rings (SSSR count). The Balaban J connectivity index is 1.61. The molecular formula is C18H16FN3O2S. The van der Waals surface area contributed by atoms with Crippen molar-refractivity contribution >= 4 is 29.0 Å². The monoisotopic (exact) mass is 357 g/mol. The van der Waals surface area contributed by atoms with Crippen molar-refractivity contribution in [3.63, 3.8) is 0 Å². The first-order valence-corrected chi connectivity index (χ1v) is 8.79. The fraction of sp³-hybridized carbons (Fsp3) is 0.167. The third kappa shape index (κ3) is 4.24. The van der Waals surface area contributed by atoms with Crippen LogP contribution in [-0.2, 0) is 10.5 Å². The predicted molar refractivity (Wildman–Crippen MR) is 97.4 cm³/mol. The van der Waals surface area contributed by atoms with Crippen molar-refractivity contribution in [1.29, 1.82) is 0 Å². The number of halogens is 1. The summed E-state index contributed by atoms with van der Waals surface area (Å²) in [5.74, 6) is -0.211. The number of hydrogen-bond acceptors (Lipinski definition) is 4. The number of aromatic nitrogens is 2. The van der Waals surface area contributed by atoms with Gasteiger partial charge < -0.3 is 5.32 Å². The van der Waals surface area contributed by atoms with Crippen LogP contribution < -0.4 is 10.9 Å². The van der Waals surface area contributed by atoms with Crippen LogP contribution in [0.1, 0.15) is 11.3 Å². The molecule has 1 N–H and O–H groups in total. The molecule has 0 radical (unpaired) electrons. The van der Waals surface area contributed by atoms with E-state index in [1.54, 1.807) is 24.4 Å². The Kier molecular flexibility index (Phi) is 5.14. The second-order valence-electron chi connectivity index (χ2n) is 5.54. The summed E-state index contributed by atoms with van der Waals surface area (Å²) in [6.45, 7) is 1.91. The van der Waals surface area contributed by atoms with E-state index < -0.39 is 5.82 Å². The van der Waals surface area contributed by atoms with Crippen LogP contribution in [0, 0.1) is 12.7 Å². The van der Waals surface area contributed by atoms with Crippen LogP contribution >= 0.6 is 11.8 Å². The molecule has 2 heterocycles. The Bertz CT molecular complexity index is 987. The molecule has 3 aromatic rings. The highest BCUT2D eigenvalue weighted by molar-refractivity contribution is 7.99. The molecule has 0 fully saturated rings. The maximum Gasteiger partial charge on any atom is 0.258 e. The number of aryl methyl sites for hydroxylation is 1. The molecule has 0 bridgehead atoms. The van der Waals surface area contributed by atoms with Crippen molar-refractivity contribution in [2.75, 3.05) is 11.1 Å². The Morgan fingerprint density at radius 2 is 2.08 bits per heavy atom. The summed E-state index contributed by atoms with van der Waals surface area (Å²) in [7, 11) is 0. The summed E-state index contributed by atoms with van der Waals surface area (Å²) in [4.78, 5) is 28.4. The molecule has 0 saturated carbocycles. The molecule has 128 valence electrons. The molecule has 2 aromatic heterocycles. The molecule has 0 unspecified atom stereocenters. The number of benzene rings is 1. The molecule has 7 heteroatoms. The maximum absolute atomic E-state index is 13.5. The van der Waals surface area contributed by atoms with E-state index in [9.17, 15) is 14.0 Å². The predicted octanol–water partition coefficient (Wildman–Crippen LogP) is 3.01. The van der Waals surface area contributed by atoms with Gasteiger partial charge in [-0.25, -0.2) is 9.37 Å². The number of anilines is 1. The van der Waals surface area contributed by atoms with Gasteiger partial charge in [0.1, 0.15) is 11.5 Å². The third-order valence-electron chi connectivity index (χ3n) is 3.49. The highest BCUT2D eigenvalue weighted by atomic mass is 32.2. The second kappa shape index (κ2) is 7.48. The second-order valence-corrected chi connectivity index (χ2v) is 6.53. The molecule has 0 aliphatic heterocycles. The van der Waals surface area contributed by atoms with Crippen molar-refractivity contribution in [1.82, 2.24) is 9.38 Å². The van der Waals surface area contributed by atoms with E-state index in [0.717, 1.165) is 5.56 Å². The van der Waals surface area contributed by atoms with Crippen molar-refractivity contribution in [3.05, 3.63) is 76.1 Å². The van der Waals surface area contributed by atoms with E-state index in [-0.39, 0.29) is 22.9 Å². The molecular weight excluding hydrogens is 341 g/mol. The zero-order valence-corrected chi connectivity index (χ0v) is 14.3. The highest BCUT2D eigenvalue weighted by Gasteiger charge is 2.08. The fourth-order valence-corrected chi connectivity index (χ4v) is 3.05. The lowest BCUT2D eigenvalue weighted by Gasteiger charge is -2.07. The average molecular weight is 357 g/mol. The fourth-order valence-electron chi connectivity index (χ4n) is 2.33. The van der Waals surface area contributed by atoms with Gasteiger partial charge in [-0.3, -0.25) is 14.0 Å². The number of para-hydroxylation sites is 1. The molecule has 0 aliphatic rings. The van der Waals surface area contributed by atoms with E-state index in [4.69, 9.17) is 0 Å². The summed E-state index contributed by atoms with van der Waals surface area (Å²) >= 11 is 1.31. The first-order valence-electron chi connectivity index (χ1n) is 7.64. The zero-order chi connectivity index (χ0) is 17.8. The van der Waals surface area contributed by atoms with Gasteiger partial charge in [0, 0.05) is 18.0 Å². The van der Waals surface area contributed by atoms with Crippen molar-refractivity contribution < 1.29 is 9.18 Å².